The second-order valence-corrected chi connectivity index (χ2v) is 7.83. The van der Waals surface area contributed by atoms with Gasteiger partial charge in [-0.15, -0.1) is 0 Å². The molecule has 0 bridgehead atoms. The summed E-state index contributed by atoms with van der Waals surface area (Å²) >= 11 is 0. The predicted molar refractivity (Wildman–Crippen MR) is 92.6 cm³/mol. The van der Waals surface area contributed by atoms with Crippen LogP contribution in [0.25, 0.3) is 0 Å². The number of hydrogen-bond acceptors (Lipinski definition) is 3. The maximum absolute atomic E-state index is 13.5. The number of amides is 2. The van der Waals surface area contributed by atoms with Crippen LogP contribution in [0.1, 0.15) is 68.9 Å². The van der Waals surface area contributed by atoms with Gasteiger partial charge in [0.25, 0.3) is 5.91 Å². The van der Waals surface area contributed by atoms with Crippen LogP contribution in [0.4, 0.5) is 9.18 Å². The summed E-state index contributed by atoms with van der Waals surface area (Å²) in [5.74, 6) is 0.287. The van der Waals surface area contributed by atoms with Crippen LogP contribution >= 0.6 is 0 Å². The molecule has 0 unspecified atom stereocenters. The van der Waals surface area contributed by atoms with E-state index in [0.717, 1.165) is 24.2 Å². The average molecular weight is 347 g/mol. The van der Waals surface area contributed by atoms with Crippen molar-refractivity contribution in [3.8, 4) is 0 Å². The van der Waals surface area contributed by atoms with Crippen LogP contribution in [-0.4, -0.2) is 23.0 Å². The van der Waals surface area contributed by atoms with E-state index in [1.54, 1.807) is 13.0 Å². The third kappa shape index (κ3) is 3.29. The fraction of sp³-hybridized carbons (Fsp3) is 0.600. The fourth-order valence-electron chi connectivity index (χ4n) is 4.20. The number of fused-ring (bicyclic) bond motifs is 1. The van der Waals surface area contributed by atoms with Gasteiger partial charge in [-0.3, -0.25) is 4.79 Å². The van der Waals surface area contributed by atoms with E-state index in [2.05, 4.69) is 20.8 Å². The zero-order valence-electron chi connectivity index (χ0n) is 15.3. The Hall–Kier alpha value is -1.91. The molecule has 1 heterocycles. The Bertz CT molecular complexity index is 688. The van der Waals surface area contributed by atoms with Gasteiger partial charge in [0.2, 0.25) is 0 Å². The molecule has 3 rings (SSSR count). The number of hydrogen-bond donors (Lipinski definition) is 0. The number of benzene rings is 1. The molecular formula is C20H26FNO3. The Kier molecular flexibility index (Phi) is 4.85. The van der Waals surface area contributed by atoms with E-state index in [4.69, 9.17) is 4.74 Å². The molecule has 4 nitrogen and oxygen atoms in total. The van der Waals surface area contributed by atoms with E-state index in [0.29, 0.717) is 23.3 Å². The van der Waals surface area contributed by atoms with Gasteiger partial charge < -0.3 is 4.74 Å². The largest absolute Gasteiger partial charge is 0.445 e. The van der Waals surface area contributed by atoms with Crippen LogP contribution in [0, 0.1) is 23.6 Å². The lowest BCUT2D eigenvalue weighted by Gasteiger charge is -2.37. The van der Waals surface area contributed by atoms with Gasteiger partial charge >= 0.3 is 6.09 Å². The highest BCUT2D eigenvalue weighted by atomic mass is 19.1. The monoisotopic (exact) mass is 347 g/mol. The summed E-state index contributed by atoms with van der Waals surface area (Å²) in [6, 6.07) is 3.64. The predicted octanol–water partition coefficient (Wildman–Crippen LogP) is 4.94. The van der Waals surface area contributed by atoms with Crippen molar-refractivity contribution in [3.05, 3.63) is 35.1 Å². The Balaban J connectivity index is 1.78. The lowest BCUT2D eigenvalue weighted by molar-refractivity contribution is -0.0107. The molecule has 0 aromatic heterocycles. The highest BCUT2D eigenvalue weighted by molar-refractivity contribution is 6.07. The quantitative estimate of drug-likeness (QED) is 0.761. The average Bonchev–Trinajstić information content (AvgIpc) is 2.78. The molecule has 1 fully saturated rings. The Morgan fingerprint density at radius 3 is 2.68 bits per heavy atom. The SMILES string of the molecule is CC(C)[C@@H]1CC[C@@H](C)C[C@H]1OC(=O)N1C(=O)c2cc(F)ccc2[C@@H]1C. The Labute approximate surface area is 148 Å². The molecule has 4 atom stereocenters. The zero-order valence-corrected chi connectivity index (χ0v) is 15.3. The van der Waals surface area contributed by atoms with Crippen LogP contribution in [0.15, 0.2) is 18.2 Å². The first-order valence-corrected chi connectivity index (χ1v) is 9.13. The minimum atomic E-state index is -0.612. The first-order valence-electron chi connectivity index (χ1n) is 9.13. The van der Waals surface area contributed by atoms with Gasteiger partial charge in [0.05, 0.1) is 6.04 Å². The van der Waals surface area contributed by atoms with Crippen molar-refractivity contribution in [2.24, 2.45) is 17.8 Å². The molecule has 1 aromatic rings. The number of nitrogens with zero attached hydrogens (tertiary/aromatic N) is 1. The Morgan fingerprint density at radius 2 is 2.00 bits per heavy atom. The van der Waals surface area contributed by atoms with E-state index in [1.165, 1.54) is 12.1 Å². The van der Waals surface area contributed by atoms with Crippen molar-refractivity contribution >= 4 is 12.0 Å². The highest BCUT2D eigenvalue weighted by Crippen LogP contribution is 2.38. The van der Waals surface area contributed by atoms with Crippen molar-refractivity contribution in [3.63, 3.8) is 0 Å². The molecule has 0 N–H and O–H groups in total. The number of imide groups is 1. The smallest absolute Gasteiger partial charge is 0.417 e. The van der Waals surface area contributed by atoms with E-state index >= 15 is 0 Å². The molecule has 2 amide bonds. The molecule has 5 heteroatoms. The van der Waals surface area contributed by atoms with Crippen molar-refractivity contribution in [2.75, 3.05) is 0 Å². The molecule has 0 spiro atoms. The lowest BCUT2D eigenvalue weighted by atomic mass is 9.75. The molecule has 1 saturated carbocycles. The first kappa shape index (κ1) is 17.9. The van der Waals surface area contributed by atoms with Gasteiger partial charge in [0.15, 0.2) is 0 Å². The van der Waals surface area contributed by atoms with E-state index in [9.17, 15) is 14.0 Å². The van der Waals surface area contributed by atoms with Crippen molar-refractivity contribution in [2.45, 2.75) is 59.1 Å². The van der Waals surface area contributed by atoms with Crippen LogP contribution in [-0.2, 0) is 4.74 Å². The van der Waals surface area contributed by atoms with Gasteiger partial charge in [-0.05, 0) is 55.2 Å². The van der Waals surface area contributed by atoms with E-state index < -0.39 is 23.9 Å². The Morgan fingerprint density at radius 1 is 1.28 bits per heavy atom. The number of ether oxygens (including phenoxy) is 1. The third-order valence-corrected chi connectivity index (χ3v) is 5.71. The molecule has 1 aliphatic heterocycles. The maximum atomic E-state index is 13.5. The van der Waals surface area contributed by atoms with Gasteiger partial charge in [0.1, 0.15) is 11.9 Å². The van der Waals surface area contributed by atoms with Crippen molar-refractivity contribution in [1.29, 1.82) is 0 Å². The van der Waals surface area contributed by atoms with Gasteiger partial charge in [-0.2, -0.15) is 0 Å². The molecule has 0 saturated heterocycles. The molecule has 0 radical (unpaired) electrons. The molecule has 1 aliphatic carbocycles. The molecule has 1 aromatic carbocycles. The summed E-state index contributed by atoms with van der Waals surface area (Å²) in [4.78, 5) is 26.5. The van der Waals surface area contributed by atoms with Crippen LogP contribution in [0.2, 0.25) is 0 Å². The minimum absolute atomic E-state index is 0.170. The van der Waals surface area contributed by atoms with Crippen molar-refractivity contribution < 1.29 is 18.7 Å². The molecule has 136 valence electrons. The molecule has 25 heavy (non-hydrogen) atoms. The zero-order chi connectivity index (χ0) is 18.3. The fourth-order valence-corrected chi connectivity index (χ4v) is 4.20. The standard InChI is InChI=1S/C20H26FNO3/c1-11(2)15-7-5-12(3)9-18(15)25-20(24)22-13(4)16-8-6-14(21)10-17(16)19(22)23/h6,8,10-13,15,18H,5,7,9H2,1-4H3/t12-,13+,15+,18-/m1/s1. The highest BCUT2D eigenvalue weighted by Gasteiger charge is 2.42. The first-order chi connectivity index (χ1) is 11.8. The topological polar surface area (TPSA) is 46.6 Å². The van der Waals surface area contributed by atoms with Gasteiger partial charge in [-0.1, -0.05) is 33.3 Å². The summed E-state index contributed by atoms with van der Waals surface area (Å²) in [6.45, 7) is 8.22. The van der Waals surface area contributed by atoms with Crippen molar-refractivity contribution in [1.82, 2.24) is 4.90 Å². The number of carbonyl (C=O) groups excluding carboxylic acids is 2. The van der Waals surface area contributed by atoms with Gasteiger partial charge in [0, 0.05) is 5.56 Å². The summed E-state index contributed by atoms with van der Waals surface area (Å²) in [7, 11) is 0. The number of halogens is 1. The number of rotatable bonds is 2. The minimum Gasteiger partial charge on any atom is -0.445 e. The molecular weight excluding hydrogens is 321 g/mol. The maximum Gasteiger partial charge on any atom is 0.417 e. The summed E-state index contributed by atoms with van der Waals surface area (Å²) in [5.41, 5.74) is 0.919. The van der Waals surface area contributed by atoms with Gasteiger partial charge in [-0.25, -0.2) is 14.1 Å². The summed E-state index contributed by atoms with van der Waals surface area (Å²) in [6.07, 6.45) is 2.22. The van der Waals surface area contributed by atoms with E-state index in [-0.39, 0.29) is 11.7 Å². The second kappa shape index (κ2) is 6.77. The normalized spacial score (nSPS) is 29.0. The van der Waals surface area contributed by atoms with Crippen LogP contribution < -0.4 is 0 Å². The van der Waals surface area contributed by atoms with Crippen LogP contribution in [0.3, 0.4) is 0 Å². The lowest BCUT2D eigenvalue weighted by Crippen LogP contribution is -2.41. The summed E-state index contributed by atoms with van der Waals surface area (Å²) < 4.78 is 19.3. The summed E-state index contributed by atoms with van der Waals surface area (Å²) in [5, 5.41) is 0. The second-order valence-electron chi connectivity index (χ2n) is 7.83. The van der Waals surface area contributed by atoms with E-state index in [1.807, 2.05) is 0 Å². The number of carbonyl (C=O) groups is 2. The van der Waals surface area contributed by atoms with Crippen LogP contribution in [0.5, 0.6) is 0 Å². The molecule has 2 aliphatic rings. The third-order valence-electron chi connectivity index (χ3n) is 5.71.